The number of amides is 2. The molecule has 0 aliphatic carbocycles. The predicted octanol–water partition coefficient (Wildman–Crippen LogP) is 3.46. The number of primary amides is 1. The van der Waals surface area contributed by atoms with Gasteiger partial charge in [-0.15, -0.1) is 0 Å². The SMILES string of the molecule is NC(=O)C1(Cc2ccc(-c3cccnc3)cc2)CCCN(C(=O)COc2ccccc2)C1. The van der Waals surface area contributed by atoms with Crippen LogP contribution >= 0.6 is 0 Å². The fraction of sp³-hybridized carbons (Fsp3) is 0.269. The van der Waals surface area contributed by atoms with Gasteiger partial charge in [-0.3, -0.25) is 14.6 Å². The van der Waals surface area contributed by atoms with E-state index in [0.717, 1.165) is 23.1 Å². The third-order valence-electron chi connectivity index (χ3n) is 6.05. The summed E-state index contributed by atoms with van der Waals surface area (Å²) in [7, 11) is 0. The first-order valence-corrected chi connectivity index (χ1v) is 10.8. The van der Waals surface area contributed by atoms with Crippen LogP contribution in [0.5, 0.6) is 5.75 Å². The first kappa shape index (κ1) is 21.6. The fourth-order valence-electron chi connectivity index (χ4n) is 4.27. The van der Waals surface area contributed by atoms with Crippen LogP contribution < -0.4 is 10.5 Å². The highest BCUT2D eigenvalue weighted by Crippen LogP contribution is 2.34. The molecule has 2 amide bonds. The normalized spacial score (nSPS) is 18.2. The van der Waals surface area contributed by atoms with Crippen molar-refractivity contribution in [3.05, 3.63) is 84.7 Å². The summed E-state index contributed by atoms with van der Waals surface area (Å²) in [4.78, 5) is 31.2. The molecule has 0 bridgehead atoms. The molecule has 32 heavy (non-hydrogen) atoms. The van der Waals surface area contributed by atoms with Gasteiger partial charge in [-0.1, -0.05) is 48.5 Å². The quantitative estimate of drug-likeness (QED) is 0.623. The lowest BCUT2D eigenvalue weighted by Gasteiger charge is -2.41. The molecule has 1 aliphatic heterocycles. The van der Waals surface area contributed by atoms with E-state index < -0.39 is 5.41 Å². The van der Waals surface area contributed by atoms with E-state index in [1.54, 1.807) is 11.1 Å². The van der Waals surface area contributed by atoms with Crippen molar-refractivity contribution in [1.82, 2.24) is 9.88 Å². The molecule has 0 radical (unpaired) electrons. The lowest BCUT2D eigenvalue weighted by Crippen LogP contribution is -2.54. The zero-order chi connectivity index (χ0) is 22.4. The summed E-state index contributed by atoms with van der Waals surface area (Å²) in [6.45, 7) is 0.855. The molecule has 1 saturated heterocycles. The van der Waals surface area contributed by atoms with E-state index >= 15 is 0 Å². The van der Waals surface area contributed by atoms with Gasteiger partial charge in [0.2, 0.25) is 5.91 Å². The molecule has 164 valence electrons. The van der Waals surface area contributed by atoms with Crippen LogP contribution in [-0.4, -0.2) is 41.4 Å². The van der Waals surface area contributed by atoms with E-state index in [0.29, 0.717) is 31.7 Å². The van der Waals surface area contributed by atoms with Gasteiger partial charge in [0, 0.05) is 25.5 Å². The number of benzene rings is 2. The van der Waals surface area contributed by atoms with Gasteiger partial charge >= 0.3 is 0 Å². The van der Waals surface area contributed by atoms with Gasteiger partial charge in [0.05, 0.1) is 5.41 Å². The number of ether oxygens (including phenoxy) is 1. The number of rotatable bonds is 7. The molecule has 1 aliphatic rings. The summed E-state index contributed by atoms with van der Waals surface area (Å²) < 4.78 is 5.61. The molecule has 3 aromatic rings. The molecule has 2 aromatic carbocycles. The Kier molecular flexibility index (Phi) is 6.50. The highest BCUT2D eigenvalue weighted by Gasteiger charge is 2.42. The highest BCUT2D eigenvalue weighted by molar-refractivity contribution is 5.84. The third-order valence-corrected chi connectivity index (χ3v) is 6.05. The molecule has 0 spiro atoms. The van der Waals surface area contributed by atoms with Crippen molar-refractivity contribution in [3.63, 3.8) is 0 Å². The molecular weight excluding hydrogens is 402 g/mol. The summed E-state index contributed by atoms with van der Waals surface area (Å²) in [6, 6.07) is 21.2. The number of para-hydroxylation sites is 1. The maximum Gasteiger partial charge on any atom is 0.260 e. The van der Waals surface area contributed by atoms with E-state index in [4.69, 9.17) is 10.5 Å². The van der Waals surface area contributed by atoms with E-state index in [-0.39, 0.29) is 18.4 Å². The van der Waals surface area contributed by atoms with Gasteiger partial charge in [0.1, 0.15) is 5.75 Å². The van der Waals surface area contributed by atoms with Crippen LogP contribution in [0, 0.1) is 5.41 Å². The van der Waals surface area contributed by atoms with Crippen molar-refractivity contribution in [1.29, 1.82) is 0 Å². The van der Waals surface area contributed by atoms with Crippen molar-refractivity contribution in [2.24, 2.45) is 11.1 Å². The Labute approximate surface area is 188 Å². The lowest BCUT2D eigenvalue weighted by molar-refractivity contribution is -0.141. The third kappa shape index (κ3) is 4.97. The number of nitrogens with zero attached hydrogens (tertiary/aromatic N) is 2. The van der Waals surface area contributed by atoms with Crippen LogP contribution in [0.15, 0.2) is 79.1 Å². The molecular formula is C26H27N3O3. The zero-order valence-corrected chi connectivity index (χ0v) is 17.9. The highest BCUT2D eigenvalue weighted by atomic mass is 16.5. The molecule has 1 atom stereocenters. The number of hydrogen-bond acceptors (Lipinski definition) is 4. The number of hydrogen-bond donors (Lipinski definition) is 1. The van der Waals surface area contributed by atoms with Gasteiger partial charge < -0.3 is 15.4 Å². The van der Waals surface area contributed by atoms with Crippen molar-refractivity contribution in [2.75, 3.05) is 19.7 Å². The largest absolute Gasteiger partial charge is 0.484 e. The van der Waals surface area contributed by atoms with Gasteiger partial charge in [0.25, 0.3) is 5.91 Å². The van der Waals surface area contributed by atoms with Crippen molar-refractivity contribution in [2.45, 2.75) is 19.3 Å². The smallest absolute Gasteiger partial charge is 0.260 e. The number of carbonyl (C=O) groups is 2. The van der Waals surface area contributed by atoms with Crippen LogP contribution in [-0.2, 0) is 16.0 Å². The summed E-state index contributed by atoms with van der Waals surface area (Å²) in [5.74, 6) is 0.147. The van der Waals surface area contributed by atoms with Crippen LogP contribution in [0.25, 0.3) is 11.1 Å². The lowest BCUT2D eigenvalue weighted by atomic mass is 9.74. The molecule has 2 N–H and O–H groups in total. The van der Waals surface area contributed by atoms with Crippen molar-refractivity contribution >= 4 is 11.8 Å². The minimum atomic E-state index is -0.781. The van der Waals surface area contributed by atoms with Crippen LogP contribution in [0.3, 0.4) is 0 Å². The fourth-order valence-corrected chi connectivity index (χ4v) is 4.27. The summed E-state index contributed by atoms with van der Waals surface area (Å²) in [5.41, 5.74) is 8.22. The first-order chi connectivity index (χ1) is 15.6. The second-order valence-electron chi connectivity index (χ2n) is 8.28. The second kappa shape index (κ2) is 9.64. The van der Waals surface area contributed by atoms with Gasteiger partial charge in [0.15, 0.2) is 6.61 Å². The Morgan fingerprint density at radius 2 is 1.78 bits per heavy atom. The van der Waals surface area contributed by atoms with Gasteiger partial charge in [-0.05, 0) is 54.2 Å². The van der Waals surface area contributed by atoms with Crippen molar-refractivity contribution in [3.8, 4) is 16.9 Å². The van der Waals surface area contributed by atoms with Crippen molar-refractivity contribution < 1.29 is 14.3 Å². The number of likely N-dealkylation sites (tertiary alicyclic amines) is 1. The number of aromatic nitrogens is 1. The molecule has 6 nitrogen and oxygen atoms in total. The Balaban J connectivity index is 1.44. The number of pyridine rings is 1. The molecule has 4 rings (SSSR count). The Morgan fingerprint density at radius 3 is 2.47 bits per heavy atom. The topological polar surface area (TPSA) is 85.5 Å². The monoisotopic (exact) mass is 429 g/mol. The first-order valence-electron chi connectivity index (χ1n) is 10.8. The summed E-state index contributed by atoms with van der Waals surface area (Å²) in [6.07, 6.45) is 5.46. The molecule has 1 fully saturated rings. The maximum atomic E-state index is 12.8. The molecule has 2 heterocycles. The van der Waals surface area contributed by atoms with Crippen LogP contribution in [0.1, 0.15) is 18.4 Å². The van der Waals surface area contributed by atoms with Crippen LogP contribution in [0.2, 0.25) is 0 Å². The number of nitrogens with two attached hydrogens (primary N) is 1. The van der Waals surface area contributed by atoms with Gasteiger partial charge in [-0.25, -0.2) is 0 Å². The van der Waals surface area contributed by atoms with E-state index in [1.807, 2.05) is 72.9 Å². The molecule has 1 unspecified atom stereocenters. The van der Waals surface area contributed by atoms with E-state index in [1.165, 1.54) is 0 Å². The van der Waals surface area contributed by atoms with E-state index in [9.17, 15) is 9.59 Å². The number of piperidine rings is 1. The average Bonchev–Trinajstić information content (AvgIpc) is 2.84. The maximum absolute atomic E-state index is 12.8. The van der Waals surface area contributed by atoms with E-state index in [2.05, 4.69) is 4.98 Å². The zero-order valence-electron chi connectivity index (χ0n) is 17.9. The Bertz CT molecular complexity index is 1050. The minimum Gasteiger partial charge on any atom is -0.484 e. The minimum absolute atomic E-state index is 0.0569. The molecule has 6 heteroatoms. The molecule has 0 saturated carbocycles. The predicted molar refractivity (Wildman–Crippen MR) is 123 cm³/mol. The molecule has 1 aromatic heterocycles. The standard InChI is InChI=1S/C26H27N3O3/c27-25(31)26(16-20-9-11-21(12-10-20)22-6-4-14-28-17-22)13-5-15-29(19-26)24(30)18-32-23-7-2-1-3-8-23/h1-4,6-12,14,17H,5,13,15-16,18-19H2,(H2,27,31). The Morgan fingerprint density at radius 1 is 1.00 bits per heavy atom. The van der Waals surface area contributed by atoms with Crippen LogP contribution in [0.4, 0.5) is 0 Å². The summed E-state index contributed by atoms with van der Waals surface area (Å²) in [5, 5.41) is 0. The second-order valence-corrected chi connectivity index (χ2v) is 8.28. The Hall–Kier alpha value is -3.67. The summed E-state index contributed by atoms with van der Waals surface area (Å²) >= 11 is 0. The van der Waals surface area contributed by atoms with Gasteiger partial charge in [-0.2, -0.15) is 0 Å². The number of carbonyl (C=O) groups excluding carboxylic acids is 2. The average molecular weight is 430 g/mol.